The fraction of sp³-hybridized carbons (Fsp3) is 0.400. The van der Waals surface area contributed by atoms with Gasteiger partial charge in [0.25, 0.3) is 0 Å². The van der Waals surface area contributed by atoms with Crippen molar-refractivity contribution in [2.45, 2.75) is 19.5 Å². The van der Waals surface area contributed by atoms with E-state index in [0.29, 0.717) is 26.3 Å². The summed E-state index contributed by atoms with van der Waals surface area (Å²) in [5, 5.41) is 11.0. The first kappa shape index (κ1) is 20.3. The first-order chi connectivity index (χ1) is 13.6. The zero-order valence-corrected chi connectivity index (χ0v) is 16.8. The summed E-state index contributed by atoms with van der Waals surface area (Å²) in [6.07, 6.45) is 0. The van der Waals surface area contributed by atoms with Gasteiger partial charge in [0.2, 0.25) is 11.8 Å². The van der Waals surface area contributed by atoms with Crippen LogP contribution in [0.25, 0.3) is 0 Å². The van der Waals surface area contributed by atoms with Gasteiger partial charge in [-0.15, -0.1) is 11.3 Å². The first-order valence-electron chi connectivity index (χ1n) is 9.37. The summed E-state index contributed by atoms with van der Waals surface area (Å²) >= 11 is 1.62. The van der Waals surface area contributed by atoms with Gasteiger partial charge in [0.05, 0.1) is 26.3 Å². The van der Waals surface area contributed by atoms with E-state index in [1.807, 2.05) is 48.7 Å². The lowest BCUT2D eigenvalue weighted by molar-refractivity contribution is -0.121. The predicted octanol–water partition coefficient (Wildman–Crippen LogP) is 2.14. The Balaban J connectivity index is 1.42. The van der Waals surface area contributed by atoms with Gasteiger partial charge in [-0.05, 0) is 42.6 Å². The van der Waals surface area contributed by atoms with Crippen molar-refractivity contribution < 1.29 is 14.3 Å². The van der Waals surface area contributed by atoms with E-state index in [9.17, 15) is 9.59 Å². The van der Waals surface area contributed by atoms with Crippen molar-refractivity contribution in [3.05, 3.63) is 46.7 Å². The molecule has 0 radical (unpaired) electrons. The minimum Gasteiger partial charge on any atom is -0.379 e. The molecule has 2 heterocycles. The molecule has 2 amide bonds. The van der Waals surface area contributed by atoms with Gasteiger partial charge in [-0.1, -0.05) is 6.07 Å². The zero-order valence-electron chi connectivity index (χ0n) is 15.9. The Morgan fingerprint density at radius 2 is 1.86 bits per heavy atom. The summed E-state index contributed by atoms with van der Waals surface area (Å²) in [6, 6.07) is 11.0. The maximum atomic E-state index is 12.2. The number of hydrogen-bond donors (Lipinski definition) is 3. The maximum Gasteiger partial charge on any atom is 0.242 e. The average molecular weight is 403 g/mol. The van der Waals surface area contributed by atoms with E-state index in [1.54, 1.807) is 11.3 Å². The second-order valence-electron chi connectivity index (χ2n) is 6.68. The highest BCUT2D eigenvalue weighted by Crippen LogP contribution is 2.15. The lowest BCUT2D eigenvalue weighted by atomic mass is 10.2. The molecule has 0 bridgehead atoms. The van der Waals surface area contributed by atoms with Crippen LogP contribution in [0, 0.1) is 0 Å². The molecular formula is C20H26N4O3S. The summed E-state index contributed by atoms with van der Waals surface area (Å²) in [6.45, 7) is 5.63. The molecule has 3 rings (SSSR count). The van der Waals surface area contributed by atoms with E-state index in [-0.39, 0.29) is 17.9 Å². The van der Waals surface area contributed by atoms with Gasteiger partial charge in [0, 0.05) is 29.3 Å². The van der Waals surface area contributed by atoms with Crippen LogP contribution < -0.4 is 16.0 Å². The molecular weight excluding hydrogens is 376 g/mol. The van der Waals surface area contributed by atoms with E-state index < -0.39 is 0 Å². The van der Waals surface area contributed by atoms with E-state index in [4.69, 9.17) is 4.74 Å². The van der Waals surface area contributed by atoms with Crippen molar-refractivity contribution in [3.8, 4) is 0 Å². The molecule has 1 atom stereocenters. The molecule has 8 heteroatoms. The highest BCUT2D eigenvalue weighted by molar-refractivity contribution is 7.09. The van der Waals surface area contributed by atoms with Crippen LogP contribution in [0.5, 0.6) is 0 Å². The molecule has 1 unspecified atom stereocenters. The number of nitrogens with zero attached hydrogens (tertiary/aromatic N) is 1. The number of carbonyl (C=O) groups is 2. The Morgan fingerprint density at radius 3 is 2.54 bits per heavy atom. The van der Waals surface area contributed by atoms with Gasteiger partial charge in [-0.25, -0.2) is 0 Å². The third-order valence-electron chi connectivity index (χ3n) is 4.43. The van der Waals surface area contributed by atoms with Crippen LogP contribution in [0.3, 0.4) is 0 Å². The topological polar surface area (TPSA) is 82.7 Å². The molecule has 0 saturated carbocycles. The minimum atomic E-state index is -0.360. The molecule has 1 aromatic heterocycles. The van der Waals surface area contributed by atoms with Crippen LogP contribution in [0.2, 0.25) is 0 Å². The summed E-state index contributed by atoms with van der Waals surface area (Å²) in [5.74, 6) is -0.0970. The summed E-state index contributed by atoms with van der Waals surface area (Å²) in [5.41, 5.74) is 1.56. The molecule has 150 valence electrons. The maximum absolute atomic E-state index is 12.2. The van der Waals surface area contributed by atoms with Crippen LogP contribution in [0.15, 0.2) is 41.8 Å². The summed E-state index contributed by atoms with van der Waals surface area (Å²) in [4.78, 5) is 27.5. The lowest BCUT2D eigenvalue weighted by Crippen LogP contribution is -2.41. The van der Waals surface area contributed by atoms with E-state index in [2.05, 4.69) is 20.9 Å². The largest absolute Gasteiger partial charge is 0.379 e. The van der Waals surface area contributed by atoms with Gasteiger partial charge in [-0.3, -0.25) is 14.5 Å². The van der Waals surface area contributed by atoms with Crippen LogP contribution >= 0.6 is 11.3 Å². The third-order valence-corrected chi connectivity index (χ3v) is 5.31. The minimum absolute atomic E-state index is 0.0380. The Hall–Kier alpha value is -2.42. The number of nitrogens with one attached hydrogen (secondary N) is 3. The van der Waals surface area contributed by atoms with Gasteiger partial charge in [0.15, 0.2) is 0 Å². The average Bonchev–Trinajstić information content (AvgIpc) is 3.22. The molecule has 1 aliphatic rings. The van der Waals surface area contributed by atoms with Gasteiger partial charge in [0.1, 0.15) is 6.04 Å². The van der Waals surface area contributed by atoms with Crippen LogP contribution in [-0.2, 0) is 20.9 Å². The number of thiophene rings is 1. The molecule has 0 aliphatic carbocycles. The quantitative estimate of drug-likeness (QED) is 0.630. The number of anilines is 2. The smallest absolute Gasteiger partial charge is 0.242 e. The molecule has 1 fully saturated rings. The van der Waals surface area contributed by atoms with E-state index in [0.717, 1.165) is 29.3 Å². The highest BCUT2D eigenvalue weighted by atomic mass is 32.1. The Bertz CT molecular complexity index is 758. The van der Waals surface area contributed by atoms with Crippen LogP contribution in [-0.4, -0.2) is 55.6 Å². The molecule has 7 nitrogen and oxygen atoms in total. The highest BCUT2D eigenvalue weighted by Gasteiger charge is 2.15. The molecule has 1 saturated heterocycles. The second-order valence-corrected chi connectivity index (χ2v) is 7.71. The van der Waals surface area contributed by atoms with Crippen molar-refractivity contribution in [3.63, 3.8) is 0 Å². The number of rotatable bonds is 8. The summed E-state index contributed by atoms with van der Waals surface area (Å²) < 4.78 is 5.29. The number of hydrogen-bond acceptors (Lipinski definition) is 6. The molecule has 2 aromatic rings. The van der Waals surface area contributed by atoms with Gasteiger partial charge >= 0.3 is 0 Å². The van der Waals surface area contributed by atoms with Gasteiger partial charge in [-0.2, -0.15) is 0 Å². The van der Waals surface area contributed by atoms with E-state index >= 15 is 0 Å². The predicted molar refractivity (Wildman–Crippen MR) is 112 cm³/mol. The van der Waals surface area contributed by atoms with Crippen molar-refractivity contribution in [2.75, 3.05) is 43.5 Å². The molecule has 28 heavy (non-hydrogen) atoms. The van der Waals surface area contributed by atoms with E-state index in [1.165, 1.54) is 0 Å². The lowest BCUT2D eigenvalue weighted by Gasteiger charge is -2.25. The third kappa shape index (κ3) is 6.33. The van der Waals surface area contributed by atoms with Gasteiger partial charge < -0.3 is 20.7 Å². The van der Waals surface area contributed by atoms with Crippen molar-refractivity contribution in [1.82, 2.24) is 10.2 Å². The number of amides is 2. The number of carbonyl (C=O) groups excluding carboxylic acids is 2. The fourth-order valence-corrected chi connectivity index (χ4v) is 3.51. The Kier molecular flexibility index (Phi) is 7.41. The molecule has 1 aliphatic heterocycles. The summed E-state index contributed by atoms with van der Waals surface area (Å²) in [7, 11) is 0. The number of morpholine rings is 1. The molecule has 0 spiro atoms. The van der Waals surface area contributed by atoms with Crippen LogP contribution in [0.1, 0.15) is 11.8 Å². The Morgan fingerprint density at radius 1 is 1.14 bits per heavy atom. The normalized spacial score (nSPS) is 15.6. The van der Waals surface area contributed by atoms with Crippen molar-refractivity contribution in [1.29, 1.82) is 0 Å². The second kappa shape index (κ2) is 10.2. The standard InChI is InChI=1S/C20H26N4O3S/c1-15(20(26)21-13-18-3-2-12-28-18)22-16-4-6-17(7-5-16)23-19(25)14-24-8-10-27-11-9-24/h2-7,12,15,22H,8-11,13-14H2,1H3,(H,21,26)(H,23,25). The Labute approximate surface area is 169 Å². The monoisotopic (exact) mass is 402 g/mol. The fourth-order valence-electron chi connectivity index (χ4n) is 2.87. The molecule has 3 N–H and O–H groups in total. The SMILES string of the molecule is CC(Nc1ccc(NC(=O)CN2CCOCC2)cc1)C(=O)NCc1cccs1. The van der Waals surface area contributed by atoms with Crippen molar-refractivity contribution in [2.24, 2.45) is 0 Å². The number of ether oxygens (including phenoxy) is 1. The number of benzene rings is 1. The molecule has 1 aromatic carbocycles. The first-order valence-corrected chi connectivity index (χ1v) is 10.2. The van der Waals surface area contributed by atoms with Crippen LogP contribution in [0.4, 0.5) is 11.4 Å². The zero-order chi connectivity index (χ0) is 19.8. The van der Waals surface area contributed by atoms with Crippen molar-refractivity contribution >= 4 is 34.5 Å².